The summed E-state index contributed by atoms with van der Waals surface area (Å²) in [6.07, 6.45) is 0. The number of aromatic hydroxyl groups is 1. The fourth-order valence-corrected chi connectivity index (χ4v) is 0.949. The van der Waals surface area contributed by atoms with Crippen LogP contribution in [0.5, 0.6) is 5.75 Å². The van der Waals surface area contributed by atoms with Crippen molar-refractivity contribution in [3.63, 3.8) is 0 Å². The number of benzene rings is 1. The molecular formula is C7H4B4O. The molecule has 0 aliphatic carbocycles. The van der Waals surface area contributed by atoms with Gasteiger partial charge in [0.05, 0.1) is 5.75 Å². The summed E-state index contributed by atoms with van der Waals surface area (Å²) in [5.41, 5.74) is 1.32. The van der Waals surface area contributed by atoms with Crippen LogP contribution in [0.1, 0.15) is 5.56 Å². The monoisotopic (exact) mass is 148 g/mol. The highest BCUT2D eigenvalue weighted by atomic mass is 16.3. The molecule has 0 heterocycles. The summed E-state index contributed by atoms with van der Waals surface area (Å²) in [6, 6.07) is 0. The average Bonchev–Trinajstić information content (AvgIpc) is 2.08. The molecule has 5 heteroatoms. The van der Waals surface area contributed by atoms with Crippen LogP contribution in [0.2, 0.25) is 0 Å². The topological polar surface area (TPSA) is 20.2 Å². The Morgan fingerprint density at radius 1 is 0.833 bits per heavy atom. The van der Waals surface area contributed by atoms with Crippen molar-refractivity contribution >= 4 is 53.2 Å². The largest absolute Gasteiger partial charge is 0.509 e. The minimum Gasteiger partial charge on any atom is -0.509 e. The van der Waals surface area contributed by atoms with Gasteiger partial charge in [0, 0.05) is 0 Å². The van der Waals surface area contributed by atoms with Crippen LogP contribution in [0.15, 0.2) is 0 Å². The van der Waals surface area contributed by atoms with Crippen molar-refractivity contribution in [1.82, 2.24) is 0 Å². The first-order valence-electron chi connectivity index (χ1n) is 3.38. The Kier molecular flexibility index (Phi) is 2.31. The molecule has 1 aromatic rings. The Balaban J connectivity index is 3.60. The smallest absolute Gasteiger partial charge is 0.118 e. The molecule has 1 N–H and O–H groups in total. The third-order valence-corrected chi connectivity index (χ3v) is 1.90. The fourth-order valence-electron chi connectivity index (χ4n) is 0.949. The van der Waals surface area contributed by atoms with Gasteiger partial charge in [0.15, 0.2) is 0 Å². The first kappa shape index (κ1) is 9.37. The quantitative estimate of drug-likeness (QED) is 0.385. The maximum atomic E-state index is 9.28. The molecule has 0 spiro atoms. The van der Waals surface area contributed by atoms with Crippen LogP contribution in [-0.4, -0.2) is 36.5 Å². The Bertz CT molecular complexity index is 230. The first-order valence-corrected chi connectivity index (χ1v) is 3.38. The van der Waals surface area contributed by atoms with Crippen LogP contribution >= 0.6 is 0 Å². The van der Waals surface area contributed by atoms with Gasteiger partial charge in [0.2, 0.25) is 0 Å². The molecular weight excluding hydrogens is 143 g/mol. The Morgan fingerprint density at radius 3 is 1.50 bits per heavy atom. The third-order valence-electron chi connectivity index (χ3n) is 1.90. The van der Waals surface area contributed by atoms with Crippen LogP contribution in [-0.2, 0) is 0 Å². The summed E-state index contributed by atoms with van der Waals surface area (Å²) in [7, 11) is 21.9. The maximum Gasteiger partial charge on any atom is 0.118 e. The number of hydrogen-bond donors (Lipinski definition) is 1. The van der Waals surface area contributed by atoms with Gasteiger partial charge in [-0.3, -0.25) is 0 Å². The predicted octanol–water partition coefficient (Wildman–Crippen LogP) is -3.12. The van der Waals surface area contributed by atoms with E-state index >= 15 is 0 Å². The minimum absolute atomic E-state index is 0.0826. The molecule has 0 amide bonds. The molecule has 0 saturated heterocycles. The zero-order valence-corrected chi connectivity index (χ0v) is 6.76. The third kappa shape index (κ3) is 1.17. The standard InChI is InChI=1S/C7H4B4O/c1-2-3(8)5(10)7(12)6(11)4(2)9/h12H,1H3. The van der Waals surface area contributed by atoms with E-state index in [2.05, 4.69) is 0 Å². The first-order chi connectivity index (χ1) is 5.46. The summed E-state index contributed by atoms with van der Waals surface area (Å²) in [6.45, 7) is 1.69. The van der Waals surface area contributed by atoms with Gasteiger partial charge in [-0.05, 0) is 6.92 Å². The average molecular weight is 147 g/mol. The van der Waals surface area contributed by atoms with Gasteiger partial charge in [0.25, 0.3) is 0 Å². The van der Waals surface area contributed by atoms with Crippen LogP contribution in [0.25, 0.3) is 0 Å². The van der Waals surface area contributed by atoms with E-state index in [-0.39, 0.29) is 27.6 Å². The Morgan fingerprint density at radius 2 is 1.17 bits per heavy atom. The minimum atomic E-state index is -0.240. The molecule has 0 aliphatic rings. The van der Waals surface area contributed by atoms with E-state index in [0.29, 0.717) is 5.56 Å². The zero-order chi connectivity index (χ0) is 9.46. The van der Waals surface area contributed by atoms with E-state index in [1.54, 1.807) is 6.92 Å². The van der Waals surface area contributed by atoms with Crippen LogP contribution in [0, 0.1) is 6.92 Å². The zero-order valence-electron chi connectivity index (χ0n) is 6.76. The van der Waals surface area contributed by atoms with Crippen molar-refractivity contribution in [2.45, 2.75) is 6.92 Å². The lowest BCUT2D eigenvalue weighted by atomic mass is 9.67. The normalized spacial score (nSPS) is 10.1. The molecule has 0 aliphatic heterocycles. The molecule has 0 saturated carbocycles. The summed E-state index contributed by atoms with van der Waals surface area (Å²) in [5, 5.41) is 9.28. The lowest BCUT2D eigenvalue weighted by Crippen LogP contribution is -2.42. The van der Waals surface area contributed by atoms with Gasteiger partial charge in [-0.15, -0.1) is 0 Å². The van der Waals surface area contributed by atoms with Crippen molar-refractivity contribution in [2.75, 3.05) is 0 Å². The SMILES string of the molecule is [B]c1c([B])c(O)c([B])c([B])c1C. The number of phenolic OH excluding ortho intramolecular Hbond substituents is 1. The van der Waals surface area contributed by atoms with Crippen LogP contribution in [0.4, 0.5) is 0 Å². The van der Waals surface area contributed by atoms with E-state index in [1.807, 2.05) is 0 Å². The van der Waals surface area contributed by atoms with Crippen LogP contribution < -0.4 is 21.9 Å². The van der Waals surface area contributed by atoms with Gasteiger partial charge in [-0.1, -0.05) is 27.4 Å². The summed E-state index contributed by atoms with van der Waals surface area (Å²) in [4.78, 5) is 0. The number of phenols is 1. The van der Waals surface area contributed by atoms with Gasteiger partial charge in [0.1, 0.15) is 31.4 Å². The maximum absolute atomic E-state index is 9.28. The summed E-state index contributed by atoms with van der Waals surface area (Å²) in [5.74, 6) is -0.240. The number of rotatable bonds is 0. The molecule has 50 valence electrons. The molecule has 0 fully saturated rings. The van der Waals surface area contributed by atoms with Gasteiger partial charge < -0.3 is 5.11 Å². The van der Waals surface area contributed by atoms with E-state index in [0.717, 1.165) is 0 Å². The molecule has 12 heavy (non-hydrogen) atoms. The highest BCUT2D eigenvalue weighted by molar-refractivity contribution is 6.58. The second kappa shape index (κ2) is 2.96. The van der Waals surface area contributed by atoms with Crippen molar-refractivity contribution < 1.29 is 5.11 Å². The van der Waals surface area contributed by atoms with E-state index in [1.165, 1.54) is 0 Å². The lowest BCUT2D eigenvalue weighted by Gasteiger charge is -2.15. The van der Waals surface area contributed by atoms with Crippen molar-refractivity contribution in [1.29, 1.82) is 0 Å². The van der Waals surface area contributed by atoms with Crippen molar-refractivity contribution in [3.05, 3.63) is 5.56 Å². The highest BCUT2D eigenvalue weighted by Gasteiger charge is 2.08. The van der Waals surface area contributed by atoms with Gasteiger partial charge >= 0.3 is 0 Å². The summed E-state index contributed by atoms with van der Waals surface area (Å²) >= 11 is 0. The molecule has 1 rings (SSSR count). The summed E-state index contributed by atoms with van der Waals surface area (Å²) < 4.78 is 0. The molecule has 0 bridgehead atoms. The lowest BCUT2D eigenvalue weighted by molar-refractivity contribution is 0.484. The predicted molar refractivity (Wildman–Crippen MR) is 54.4 cm³/mol. The molecule has 0 aromatic heterocycles. The molecule has 1 nitrogen and oxygen atoms in total. The second-order valence-electron chi connectivity index (χ2n) is 2.63. The Hall–Kier alpha value is -0.720. The van der Waals surface area contributed by atoms with Gasteiger partial charge in [-0.25, -0.2) is 0 Å². The van der Waals surface area contributed by atoms with Crippen molar-refractivity contribution in [3.8, 4) is 5.75 Å². The number of hydrogen-bond acceptors (Lipinski definition) is 1. The van der Waals surface area contributed by atoms with Crippen molar-refractivity contribution in [2.24, 2.45) is 0 Å². The molecule has 0 unspecified atom stereocenters. The second-order valence-corrected chi connectivity index (χ2v) is 2.63. The Labute approximate surface area is 77.2 Å². The highest BCUT2D eigenvalue weighted by Crippen LogP contribution is 1.95. The molecule has 0 atom stereocenters. The fraction of sp³-hybridized carbons (Fsp3) is 0.143. The van der Waals surface area contributed by atoms with E-state index in [4.69, 9.17) is 31.4 Å². The van der Waals surface area contributed by atoms with Crippen LogP contribution in [0.3, 0.4) is 0 Å². The van der Waals surface area contributed by atoms with E-state index in [9.17, 15) is 5.11 Å². The van der Waals surface area contributed by atoms with Gasteiger partial charge in [-0.2, -0.15) is 0 Å². The molecule has 1 aromatic carbocycles. The molecule has 8 radical (unpaired) electrons. The van der Waals surface area contributed by atoms with E-state index < -0.39 is 0 Å².